The second-order valence-electron chi connectivity index (χ2n) is 6.67. The number of hydrogen-bond acceptors (Lipinski definition) is 4. The van der Waals surface area contributed by atoms with Crippen molar-refractivity contribution in [3.63, 3.8) is 0 Å². The number of non-ortho nitro benzene ring substituents is 1. The Hall–Kier alpha value is -3.61. The molecule has 1 aliphatic heterocycles. The predicted molar refractivity (Wildman–Crippen MR) is 107 cm³/mol. The number of hydrogen-bond donors (Lipinski definition) is 1. The van der Waals surface area contributed by atoms with Gasteiger partial charge in [0, 0.05) is 36.2 Å². The van der Waals surface area contributed by atoms with Crippen molar-refractivity contribution in [1.29, 1.82) is 0 Å². The Labute approximate surface area is 162 Å². The van der Waals surface area contributed by atoms with Crippen LogP contribution in [-0.2, 0) is 0 Å². The van der Waals surface area contributed by atoms with E-state index in [1.54, 1.807) is 12.1 Å². The number of rotatable bonds is 5. The van der Waals surface area contributed by atoms with Crippen molar-refractivity contribution < 1.29 is 9.72 Å². The summed E-state index contributed by atoms with van der Waals surface area (Å²) in [6, 6.07) is 17.8. The van der Waals surface area contributed by atoms with E-state index >= 15 is 0 Å². The lowest BCUT2D eigenvalue weighted by atomic mass is 10.1. The van der Waals surface area contributed by atoms with Crippen LogP contribution in [0.1, 0.15) is 35.6 Å². The van der Waals surface area contributed by atoms with Crippen LogP contribution >= 0.6 is 0 Å². The van der Waals surface area contributed by atoms with Crippen LogP contribution in [0.25, 0.3) is 5.69 Å². The Morgan fingerprint density at radius 2 is 1.82 bits per heavy atom. The van der Waals surface area contributed by atoms with E-state index in [9.17, 15) is 14.9 Å². The van der Waals surface area contributed by atoms with Crippen molar-refractivity contribution in [3.05, 3.63) is 88.2 Å². The van der Waals surface area contributed by atoms with E-state index in [2.05, 4.69) is 5.32 Å². The number of nitrogens with zero attached hydrogens (tertiary/aromatic N) is 3. The van der Waals surface area contributed by atoms with Crippen LogP contribution < -0.4 is 5.32 Å². The van der Waals surface area contributed by atoms with Crippen LogP contribution in [0.3, 0.4) is 0 Å². The molecule has 0 spiro atoms. The van der Waals surface area contributed by atoms with E-state index < -0.39 is 4.92 Å². The standard InChI is InChI=1S/C21H20N4O3/c1-2-13-24-20(22-18-7-4-3-6-17(18)21(24)26)19-8-5-14-23(19)15-9-11-16(12-10-15)25(27)28/h3-12,14,20,22H,2,13H2,1H3/t20-/m0/s1. The number of carbonyl (C=O) groups is 1. The third-order valence-electron chi connectivity index (χ3n) is 4.89. The molecule has 0 bridgehead atoms. The van der Waals surface area contributed by atoms with Gasteiger partial charge in [-0.25, -0.2) is 0 Å². The van der Waals surface area contributed by atoms with Gasteiger partial charge in [0.15, 0.2) is 0 Å². The highest BCUT2D eigenvalue weighted by atomic mass is 16.6. The first-order chi connectivity index (χ1) is 13.6. The Morgan fingerprint density at radius 1 is 1.07 bits per heavy atom. The number of fused-ring (bicyclic) bond motifs is 1. The third-order valence-corrected chi connectivity index (χ3v) is 4.89. The summed E-state index contributed by atoms with van der Waals surface area (Å²) in [5.41, 5.74) is 3.22. The van der Waals surface area contributed by atoms with Gasteiger partial charge >= 0.3 is 0 Å². The van der Waals surface area contributed by atoms with Gasteiger partial charge in [0.2, 0.25) is 0 Å². The molecule has 3 aromatic rings. The molecule has 28 heavy (non-hydrogen) atoms. The van der Waals surface area contributed by atoms with Crippen LogP contribution in [0, 0.1) is 10.1 Å². The molecule has 0 radical (unpaired) electrons. The maximum absolute atomic E-state index is 13.1. The van der Waals surface area contributed by atoms with Crippen LogP contribution in [-0.4, -0.2) is 26.8 Å². The number of nitro groups is 1. The molecule has 2 heterocycles. The van der Waals surface area contributed by atoms with Gasteiger partial charge in [0.25, 0.3) is 11.6 Å². The zero-order valence-electron chi connectivity index (χ0n) is 15.4. The summed E-state index contributed by atoms with van der Waals surface area (Å²) in [7, 11) is 0. The fourth-order valence-electron chi connectivity index (χ4n) is 3.58. The minimum atomic E-state index is -0.415. The van der Waals surface area contributed by atoms with E-state index in [0.29, 0.717) is 12.1 Å². The first kappa shape index (κ1) is 17.8. The quantitative estimate of drug-likeness (QED) is 0.530. The average molecular weight is 376 g/mol. The van der Waals surface area contributed by atoms with Gasteiger partial charge < -0.3 is 14.8 Å². The van der Waals surface area contributed by atoms with E-state index in [1.165, 1.54) is 12.1 Å². The van der Waals surface area contributed by atoms with Crippen molar-refractivity contribution in [3.8, 4) is 5.69 Å². The van der Waals surface area contributed by atoms with Crippen LogP contribution in [0.4, 0.5) is 11.4 Å². The summed E-state index contributed by atoms with van der Waals surface area (Å²) >= 11 is 0. The second kappa shape index (κ2) is 7.19. The Balaban J connectivity index is 1.75. The summed E-state index contributed by atoms with van der Waals surface area (Å²) in [6.45, 7) is 2.66. The molecule has 7 nitrogen and oxygen atoms in total. The Morgan fingerprint density at radius 3 is 2.54 bits per heavy atom. The molecule has 0 fully saturated rings. The minimum Gasteiger partial charge on any atom is -0.360 e. The number of aromatic nitrogens is 1. The molecule has 1 N–H and O–H groups in total. The Kier molecular flexibility index (Phi) is 4.57. The van der Waals surface area contributed by atoms with Crippen LogP contribution in [0.5, 0.6) is 0 Å². The summed E-state index contributed by atoms with van der Waals surface area (Å²) in [4.78, 5) is 25.4. The minimum absolute atomic E-state index is 0.00218. The monoisotopic (exact) mass is 376 g/mol. The number of nitrogens with one attached hydrogen (secondary N) is 1. The highest BCUT2D eigenvalue weighted by Crippen LogP contribution is 2.34. The molecular weight excluding hydrogens is 356 g/mol. The SMILES string of the molecule is CCCN1C(=O)c2ccccc2N[C@@H]1c1cccn1-c1ccc([N+](=O)[O-])cc1. The lowest BCUT2D eigenvalue weighted by Gasteiger charge is -2.38. The van der Waals surface area contributed by atoms with Crippen molar-refractivity contribution in [2.45, 2.75) is 19.5 Å². The maximum Gasteiger partial charge on any atom is 0.269 e. The zero-order chi connectivity index (χ0) is 19.7. The van der Waals surface area contributed by atoms with Crippen molar-refractivity contribution in [2.75, 3.05) is 11.9 Å². The molecule has 0 saturated carbocycles. The Bertz CT molecular complexity index is 1030. The molecule has 0 aliphatic carbocycles. The number of anilines is 1. The normalized spacial score (nSPS) is 15.8. The summed E-state index contributed by atoms with van der Waals surface area (Å²) < 4.78 is 1.95. The maximum atomic E-state index is 13.1. The number of para-hydroxylation sites is 1. The number of benzene rings is 2. The highest BCUT2D eigenvalue weighted by Gasteiger charge is 2.33. The number of carbonyl (C=O) groups excluding carboxylic acids is 1. The third kappa shape index (κ3) is 3.00. The van der Waals surface area contributed by atoms with Crippen LogP contribution in [0.2, 0.25) is 0 Å². The van der Waals surface area contributed by atoms with E-state index in [-0.39, 0.29) is 17.8 Å². The fourth-order valence-corrected chi connectivity index (χ4v) is 3.58. The largest absolute Gasteiger partial charge is 0.360 e. The van der Waals surface area contributed by atoms with Gasteiger partial charge in [0.1, 0.15) is 6.17 Å². The van der Waals surface area contributed by atoms with Gasteiger partial charge in [-0.2, -0.15) is 0 Å². The van der Waals surface area contributed by atoms with Crippen molar-refractivity contribution in [1.82, 2.24) is 9.47 Å². The van der Waals surface area contributed by atoms with E-state index in [4.69, 9.17) is 0 Å². The lowest BCUT2D eigenvalue weighted by Crippen LogP contribution is -2.44. The number of nitro benzene ring substituents is 1. The molecule has 1 atom stereocenters. The van der Waals surface area contributed by atoms with Gasteiger partial charge in [0.05, 0.1) is 16.2 Å². The van der Waals surface area contributed by atoms with Gasteiger partial charge in [-0.15, -0.1) is 0 Å². The molecule has 1 aromatic heterocycles. The average Bonchev–Trinajstić information content (AvgIpc) is 3.20. The molecule has 1 aliphatic rings. The molecule has 4 rings (SSSR count). The molecule has 1 amide bonds. The first-order valence-corrected chi connectivity index (χ1v) is 9.18. The van der Waals surface area contributed by atoms with Gasteiger partial charge in [-0.05, 0) is 42.8 Å². The fraction of sp³-hybridized carbons (Fsp3) is 0.190. The number of amides is 1. The second-order valence-corrected chi connectivity index (χ2v) is 6.67. The molecular formula is C21H20N4O3. The molecule has 7 heteroatoms. The van der Waals surface area contributed by atoms with Gasteiger partial charge in [-0.1, -0.05) is 19.1 Å². The summed E-state index contributed by atoms with van der Waals surface area (Å²) in [6.07, 6.45) is 2.41. The highest BCUT2D eigenvalue weighted by molar-refractivity contribution is 6.01. The predicted octanol–water partition coefficient (Wildman–Crippen LogP) is 4.36. The molecule has 2 aromatic carbocycles. The molecule has 142 valence electrons. The van der Waals surface area contributed by atoms with Crippen molar-refractivity contribution in [2.24, 2.45) is 0 Å². The first-order valence-electron chi connectivity index (χ1n) is 9.18. The molecule has 0 unspecified atom stereocenters. The molecule has 0 saturated heterocycles. The van der Waals surface area contributed by atoms with E-state index in [0.717, 1.165) is 23.5 Å². The van der Waals surface area contributed by atoms with Crippen molar-refractivity contribution >= 4 is 17.3 Å². The zero-order valence-corrected chi connectivity index (χ0v) is 15.4. The summed E-state index contributed by atoms with van der Waals surface area (Å²) in [5, 5.41) is 14.4. The smallest absolute Gasteiger partial charge is 0.269 e. The van der Waals surface area contributed by atoms with Gasteiger partial charge in [-0.3, -0.25) is 14.9 Å². The van der Waals surface area contributed by atoms with E-state index in [1.807, 2.05) is 59.0 Å². The van der Waals surface area contributed by atoms with Crippen LogP contribution in [0.15, 0.2) is 66.9 Å². The summed E-state index contributed by atoms with van der Waals surface area (Å²) in [5.74, 6) is -0.00218. The topological polar surface area (TPSA) is 80.4 Å². The lowest BCUT2D eigenvalue weighted by molar-refractivity contribution is -0.384.